The predicted molar refractivity (Wildman–Crippen MR) is 93.8 cm³/mol. The smallest absolute Gasteiger partial charge is 0.221 e. The van der Waals surface area contributed by atoms with Gasteiger partial charge in [0.2, 0.25) is 5.78 Å². The van der Waals surface area contributed by atoms with Crippen molar-refractivity contribution in [2.45, 2.75) is 6.92 Å². The van der Waals surface area contributed by atoms with Crippen molar-refractivity contribution in [3.8, 4) is 5.69 Å². The van der Waals surface area contributed by atoms with E-state index in [1.165, 1.54) is 0 Å². The number of aromatic nitrogens is 3. The number of rotatable bonds is 1. The molecule has 0 aliphatic heterocycles. The first-order valence-corrected chi connectivity index (χ1v) is 9.06. The number of nitrogens with zero attached hydrogens (tertiary/aromatic N) is 3. The van der Waals surface area contributed by atoms with Crippen molar-refractivity contribution >= 4 is 27.8 Å². The summed E-state index contributed by atoms with van der Waals surface area (Å²) in [6.07, 6.45) is 0. The molecule has 5 rings (SSSR count). The second-order valence-corrected chi connectivity index (χ2v) is 7.22. The normalized spacial score (nSPS) is 12.1. The maximum absolute atomic E-state index is 14.8. The summed E-state index contributed by atoms with van der Waals surface area (Å²) in [6.45, 7) is 0.607. The summed E-state index contributed by atoms with van der Waals surface area (Å²) in [4.78, 5) is 3.32. The van der Waals surface area contributed by atoms with Gasteiger partial charge in [0.15, 0.2) is 69.8 Å². The summed E-state index contributed by atoms with van der Waals surface area (Å²) < 4.78 is 171. The molecule has 0 radical (unpaired) electrons. The lowest BCUT2D eigenvalue weighted by molar-refractivity contribution is 0.403. The van der Waals surface area contributed by atoms with Gasteiger partial charge in [0.05, 0.1) is 5.69 Å². The summed E-state index contributed by atoms with van der Waals surface area (Å²) in [5, 5.41) is 0. The van der Waals surface area contributed by atoms with Crippen molar-refractivity contribution in [2.24, 2.45) is 0 Å². The first kappa shape index (κ1) is 22.9. The Morgan fingerprint density at radius 2 is 0.886 bits per heavy atom. The van der Waals surface area contributed by atoms with Crippen LogP contribution in [-0.2, 0) is 0 Å². The van der Waals surface area contributed by atoms with E-state index in [4.69, 9.17) is 0 Å². The molecule has 3 nitrogen and oxygen atoms in total. The van der Waals surface area contributed by atoms with Crippen LogP contribution in [0.3, 0.4) is 0 Å². The lowest BCUT2D eigenvalue weighted by atomic mass is 10.1. The van der Waals surface area contributed by atoms with Crippen LogP contribution in [0.25, 0.3) is 33.5 Å². The van der Waals surface area contributed by atoms with Crippen molar-refractivity contribution in [3.63, 3.8) is 0 Å². The molecule has 0 bridgehead atoms. The van der Waals surface area contributed by atoms with E-state index in [2.05, 4.69) is 4.98 Å². The molecule has 2 aromatic heterocycles. The van der Waals surface area contributed by atoms with Crippen LogP contribution in [0.2, 0.25) is 0 Å². The van der Waals surface area contributed by atoms with Gasteiger partial charge >= 0.3 is 0 Å². The molecule has 0 fully saturated rings. The lowest BCUT2D eigenvalue weighted by Crippen LogP contribution is -2.10. The average Bonchev–Trinajstić information content (AvgIpc) is 3.37. The van der Waals surface area contributed by atoms with Crippen molar-refractivity contribution in [3.05, 3.63) is 75.4 Å². The molecule has 0 atom stereocenters. The summed E-state index contributed by atoms with van der Waals surface area (Å²) in [5.74, 6) is -29.5. The Hall–Kier alpha value is -3.91. The van der Waals surface area contributed by atoms with Gasteiger partial charge in [-0.3, -0.25) is 8.97 Å². The molecule has 0 aliphatic rings. The van der Waals surface area contributed by atoms with Crippen LogP contribution < -0.4 is 0 Å². The van der Waals surface area contributed by atoms with E-state index in [0.29, 0.717) is 6.92 Å². The fourth-order valence-electron chi connectivity index (χ4n) is 3.85. The zero-order valence-electron chi connectivity index (χ0n) is 16.4. The standard InChI is InChI=1S/C20H3F12N3/c1-2-3(21)4(22)6(24)11(29)16(2)34-18-13(31)8(26)9(27)14(32)19(18)35-17-12(30)7(25)5(23)10(28)15(17)33-20(34)35/h1H3. The summed E-state index contributed by atoms with van der Waals surface area (Å²) in [5.41, 5.74) is -8.68. The minimum absolute atomic E-state index is 0.0788. The molecule has 35 heavy (non-hydrogen) atoms. The van der Waals surface area contributed by atoms with E-state index in [1.807, 2.05) is 0 Å². The van der Waals surface area contributed by atoms with Crippen LogP contribution in [0.1, 0.15) is 5.56 Å². The molecule has 15 heteroatoms. The Balaban J connectivity index is 2.21. The van der Waals surface area contributed by atoms with Crippen LogP contribution in [0, 0.1) is 76.7 Å². The van der Waals surface area contributed by atoms with Gasteiger partial charge < -0.3 is 0 Å². The van der Waals surface area contributed by atoms with Gasteiger partial charge in [-0.15, -0.1) is 0 Å². The third-order valence-corrected chi connectivity index (χ3v) is 5.41. The molecule has 182 valence electrons. The van der Waals surface area contributed by atoms with Crippen LogP contribution in [0.15, 0.2) is 0 Å². The highest BCUT2D eigenvalue weighted by Gasteiger charge is 2.35. The van der Waals surface area contributed by atoms with Crippen LogP contribution >= 0.6 is 0 Å². The quantitative estimate of drug-likeness (QED) is 0.144. The molecular weight excluding hydrogens is 510 g/mol. The second-order valence-electron chi connectivity index (χ2n) is 7.22. The van der Waals surface area contributed by atoms with Gasteiger partial charge in [-0.2, -0.15) is 0 Å². The molecule has 0 unspecified atom stereocenters. The Bertz CT molecular complexity index is 1750. The van der Waals surface area contributed by atoms with E-state index < -0.39 is 109 Å². The Morgan fingerprint density at radius 1 is 0.457 bits per heavy atom. The van der Waals surface area contributed by atoms with E-state index in [1.54, 1.807) is 0 Å². The SMILES string of the molecule is Cc1c(F)c(F)c(F)c(F)c1-n1c2c(F)c(F)c(F)c(F)c2n2c3c(F)c(F)c(F)c(F)c3nc12. The van der Waals surface area contributed by atoms with Crippen molar-refractivity contribution < 1.29 is 52.7 Å². The molecule has 2 heterocycles. The Labute approximate surface area is 183 Å². The molecule has 0 saturated carbocycles. The van der Waals surface area contributed by atoms with Crippen LogP contribution in [-0.4, -0.2) is 14.0 Å². The highest BCUT2D eigenvalue weighted by Crippen LogP contribution is 2.39. The van der Waals surface area contributed by atoms with E-state index in [-0.39, 0.29) is 8.97 Å². The predicted octanol–water partition coefficient (Wildman–Crippen LogP) is 6.41. The number of hydrogen-bond acceptors (Lipinski definition) is 1. The molecule has 3 aromatic carbocycles. The third-order valence-electron chi connectivity index (χ3n) is 5.41. The molecule has 0 saturated heterocycles. The summed E-state index contributed by atoms with van der Waals surface area (Å²) in [7, 11) is 0. The topological polar surface area (TPSA) is 22.2 Å². The fraction of sp³-hybridized carbons (Fsp3) is 0.0500. The number of imidazole rings is 2. The fourth-order valence-corrected chi connectivity index (χ4v) is 3.85. The molecule has 0 N–H and O–H groups in total. The molecule has 0 aliphatic carbocycles. The molecular formula is C20H3F12N3. The van der Waals surface area contributed by atoms with Crippen molar-refractivity contribution in [2.75, 3.05) is 0 Å². The largest absolute Gasteiger partial charge is 0.271 e. The first-order chi connectivity index (χ1) is 16.3. The minimum atomic E-state index is -2.52. The van der Waals surface area contributed by atoms with Gasteiger partial charge in [-0.1, -0.05) is 0 Å². The highest BCUT2D eigenvalue weighted by molar-refractivity contribution is 5.93. The van der Waals surface area contributed by atoms with Crippen LogP contribution in [0.4, 0.5) is 52.7 Å². The lowest BCUT2D eigenvalue weighted by Gasteiger charge is -2.13. The average molecular weight is 513 g/mol. The van der Waals surface area contributed by atoms with Gasteiger partial charge in [-0.05, 0) is 6.92 Å². The zero-order chi connectivity index (χ0) is 25.8. The number of hydrogen-bond donors (Lipinski definition) is 0. The van der Waals surface area contributed by atoms with Crippen LogP contribution in [0.5, 0.6) is 0 Å². The zero-order valence-corrected chi connectivity index (χ0v) is 16.4. The monoisotopic (exact) mass is 513 g/mol. The van der Waals surface area contributed by atoms with Crippen molar-refractivity contribution in [1.29, 1.82) is 0 Å². The minimum Gasteiger partial charge on any atom is -0.271 e. The Kier molecular flexibility index (Phi) is 4.61. The summed E-state index contributed by atoms with van der Waals surface area (Å²) >= 11 is 0. The third kappa shape index (κ3) is 2.57. The van der Waals surface area contributed by atoms with Crippen molar-refractivity contribution in [1.82, 2.24) is 14.0 Å². The number of fused-ring (bicyclic) bond motifs is 5. The van der Waals surface area contributed by atoms with E-state index in [0.717, 1.165) is 0 Å². The van der Waals surface area contributed by atoms with Gasteiger partial charge in [-0.25, -0.2) is 57.7 Å². The maximum atomic E-state index is 14.8. The molecule has 0 spiro atoms. The molecule has 0 amide bonds. The first-order valence-electron chi connectivity index (χ1n) is 9.06. The number of halogens is 12. The maximum Gasteiger partial charge on any atom is 0.221 e. The molecule has 5 aromatic rings. The van der Waals surface area contributed by atoms with Gasteiger partial charge in [0, 0.05) is 5.56 Å². The Morgan fingerprint density at radius 3 is 1.46 bits per heavy atom. The van der Waals surface area contributed by atoms with Gasteiger partial charge in [0.25, 0.3) is 0 Å². The number of benzene rings is 3. The summed E-state index contributed by atoms with van der Waals surface area (Å²) in [6, 6.07) is 0. The second kappa shape index (κ2) is 7.05. The highest BCUT2D eigenvalue weighted by atomic mass is 19.2. The van der Waals surface area contributed by atoms with Gasteiger partial charge in [0.1, 0.15) is 22.1 Å². The van der Waals surface area contributed by atoms with E-state index in [9.17, 15) is 52.7 Å². The van der Waals surface area contributed by atoms with E-state index >= 15 is 0 Å².